The van der Waals surface area contributed by atoms with Crippen LogP contribution in [0.15, 0.2) is 65.4 Å². The first kappa shape index (κ1) is 12.4. The number of nitrogens with zero attached hydrogens (tertiary/aromatic N) is 1. The predicted octanol–water partition coefficient (Wildman–Crippen LogP) is 4.78. The Morgan fingerprint density at radius 3 is 2.63 bits per heavy atom. The molecule has 3 aromatic rings. The Kier molecular flexibility index (Phi) is 3.60. The second-order valence-electron chi connectivity index (χ2n) is 4.65. The SMILES string of the molecule is Brc1cncc(CCc2cccc3ccccc23)c1. The molecule has 94 valence electrons. The van der Waals surface area contributed by atoms with Gasteiger partial charge in [0, 0.05) is 16.9 Å². The average Bonchev–Trinajstić information content (AvgIpc) is 2.45. The molecule has 0 fully saturated rings. The minimum Gasteiger partial charge on any atom is -0.263 e. The van der Waals surface area contributed by atoms with Gasteiger partial charge in [-0.05, 0) is 56.7 Å². The Morgan fingerprint density at radius 1 is 0.895 bits per heavy atom. The van der Waals surface area contributed by atoms with Gasteiger partial charge in [0.05, 0.1) is 0 Å². The molecule has 0 aliphatic heterocycles. The van der Waals surface area contributed by atoms with Crippen LogP contribution in [0, 0.1) is 0 Å². The van der Waals surface area contributed by atoms with Crippen molar-refractivity contribution in [3.63, 3.8) is 0 Å². The van der Waals surface area contributed by atoms with Crippen LogP contribution >= 0.6 is 15.9 Å². The summed E-state index contributed by atoms with van der Waals surface area (Å²) in [5, 5.41) is 2.67. The second kappa shape index (κ2) is 5.54. The van der Waals surface area contributed by atoms with E-state index in [1.807, 2.05) is 12.4 Å². The number of hydrogen-bond acceptors (Lipinski definition) is 1. The molecule has 0 amide bonds. The Morgan fingerprint density at radius 2 is 1.74 bits per heavy atom. The molecule has 2 heteroatoms. The van der Waals surface area contributed by atoms with Gasteiger partial charge in [-0.1, -0.05) is 42.5 Å². The first-order valence-electron chi connectivity index (χ1n) is 6.39. The first-order chi connectivity index (χ1) is 9.33. The molecule has 1 nitrogen and oxygen atoms in total. The van der Waals surface area contributed by atoms with Crippen LogP contribution in [-0.4, -0.2) is 4.98 Å². The van der Waals surface area contributed by atoms with Gasteiger partial charge in [-0.2, -0.15) is 0 Å². The fourth-order valence-electron chi connectivity index (χ4n) is 2.38. The Labute approximate surface area is 121 Å². The molecule has 19 heavy (non-hydrogen) atoms. The van der Waals surface area contributed by atoms with Crippen LogP contribution < -0.4 is 0 Å². The molecule has 2 aromatic carbocycles. The van der Waals surface area contributed by atoms with Crippen molar-refractivity contribution in [2.75, 3.05) is 0 Å². The summed E-state index contributed by atoms with van der Waals surface area (Å²) in [6.07, 6.45) is 5.82. The lowest BCUT2D eigenvalue weighted by Gasteiger charge is -2.06. The van der Waals surface area contributed by atoms with Gasteiger partial charge in [0.1, 0.15) is 0 Å². The molecule has 0 aliphatic rings. The van der Waals surface area contributed by atoms with E-state index in [-0.39, 0.29) is 0 Å². The standard InChI is InChI=1S/C17H14BrN/c18-16-10-13(11-19-12-16)8-9-15-6-3-5-14-4-1-2-7-17(14)15/h1-7,10-12H,8-9H2. The fraction of sp³-hybridized carbons (Fsp3) is 0.118. The van der Waals surface area contributed by atoms with E-state index in [0.29, 0.717) is 0 Å². The van der Waals surface area contributed by atoms with E-state index in [2.05, 4.69) is 69.4 Å². The summed E-state index contributed by atoms with van der Waals surface area (Å²) in [5.41, 5.74) is 2.67. The van der Waals surface area contributed by atoms with Gasteiger partial charge < -0.3 is 0 Å². The molecule has 0 bridgehead atoms. The average molecular weight is 312 g/mol. The molecule has 0 N–H and O–H groups in total. The number of rotatable bonds is 3. The van der Waals surface area contributed by atoms with Crippen molar-refractivity contribution in [3.05, 3.63) is 76.5 Å². The van der Waals surface area contributed by atoms with Crippen LogP contribution in [0.5, 0.6) is 0 Å². The monoisotopic (exact) mass is 311 g/mol. The Bertz CT molecular complexity index is 701. The van der Waals surface area contributed by atoms with Gasteiger partial charge in [0.2, 0.25) is 0 Å². The van der Waals surface area contributed by atoms with E-state index < -0.39 is 0 Å². The van der Waals surface area contributed by atoms with Crippen molar-refractivity contribution < 1.29 is 0 Å². The molecule has 1 heterocycles. The zero-order valence-corrected chi connectivity index (χ0v) is 12.1. The van der Waals surface area contributed by atoms with Gasteiger partial charge in [-0.25, -0.2) is 0 Å². The molecule has 1 aromatic heterocycles. The number of hydrogen-bond donors (Lipinski definition) is 0. The summed E-state index contributed by atoms with van der Waals surface area (Å²) in [6.45, 7) is 0. The van der Waals surface area contributed by atoms with Crippen molar-refractivity contribution in [2.45, 2.75) is 12.8 Å². The zero-order chi connectivity index (χ0) is 13.1. The van der Waals surface area contributed by atoms with E-state index in [9.17, 15) is 0 Å². The molecular weight excluding hydrogens is 298 g/mol. The largest absolute Gasteiger partial charge is 0.263 e. The van der Waals surface area contributed by atoms with Crippen molar-refractivity contribution in [3.8, 4) is 0 Å². The molecule has 3 rings (SSSR count). The Hall–Kier alpha value is -1.67. The highest BCUT2D eigenvalue weighted by atomic mass is 79.9. The van der Waals surface area contributed by atoms with Crippen molar-refractivity contribution in [1.82, 2.24) is 4.98 Å². The van der Waals surface area contributed by atoms with E-state index >= 15 is 0 Å². The summed E-state index contributed by atoms with van der Waals surface area (Å²) < 4.78 is 1.04. The highest BCUT2D eigenvalue weighted by Gasteiger charge is 2.01. The molecule has 0 saturated heterocycles. The third-order valence-corrected chi connectivity index (χ3v) is 3.76. The molecule has 0 saturated carbocycles. The molecule has 0 radical (unpaired) electrons. The number of aromatic nitrogens is 1. The van der Waals surface area contributed by atoms with Gasteiger partial charge >= 0.3 is 0 Å². The summed E-state index contributed by atoms with van der Waals surface area (Å²) in [4.78, 5) is 4.21. The highest BCUT2D eigenvalue weighted by Crippen LogP contribution is 2.20. The van der Waals surface area contributed by atoms with Crippen molar-refractivity contribution in [1.29, 1.82) is 0 Å². The van der Waals surface area contributed by atoms with E-state index in [1.54, 1.807) is 0 Å². The minimum atomic E-state index is 1.01. The van der Waals surface area contributed by atoms with E-state index in [0.717, 1.165) is 17.3 Å². The van der Waals surface area contributed by atoms with Gasteiger partial charge in [-0.3, -0.25) is 4.98 Å². The predicted molar refractivity (Wildman–Crippen MR) is 83.3 cm³/mol. The number of halogens is 1. The fourth-order valence-corrected chi connectivity index (χ4v) is 2.79. The van der Waals surface area contributed by atoms with Gasteiger partial charge in [0.15, 0.2) is 0 Å². The normalized spacial score (nSPS) is 10.8. The lowest BCUT2D eigenvalue weighted by molar-refractivity contribution is 0.956. The third-order valence-electron chi connectivity index (χ3n) is 3.32. The number of benzene rings is 2. The van der Waals surface area contributed by atoms with Crippen LogP contribution in [0.25, 0.3) is 10.8 Å². The number of fused-ring (bicyclic) bond motifs is 1. The summed E-state index contributed by atoms with van der Waals surface area (Å²) in [7, 11) is 0. The van der Waals surface area contributed by atoms with Crippen molar-refractivity contribution in [2.24, 2.45) is 0 Å². The van der Waals surface area contributed by atoms with Gasteiger partial charge in [-0.15, -0.1) is 0 Å². The summed E-state index contributed by atoms with van der Waals surface area (Å²) in [5.74, 6) is 0. The van der Waals surface area contributed by atoms with Gasteiger partial charge in [0.25, 0.3) is 0 Å². The smallest absolute Gasteiger partial charge is 0.0410 e. The molecule has 0 unspecified atom stereocenters. The van der Waals surface area contributed by atoms with Crippen molar-refractivity contribution >= 4 is 26.7 Å². The van der Waals surface area contributed by atoms with E-state index in [1.165, 1.54) is 21.9 Å². The maximum Gasteiger partial charge on any atom is 0.0410 e. The van der Waals surface area contributed by atoms with Crippen LogP contribution in [0.4, 0.5) is 0 Å². The Balaban J connectivity index is 1.86. The minimum absolute atomic E-state index is 1.01. The van der Waals surface area contributed by atoms with Crippen LogP contribution in [-0.2, 0) is 12.8 Å². The molecular formula is C17H14BrN. The van der Waals surface area contributed by atoms with Crippen LogP contribution in [0.2, 0.25) is 0 Å². The summed E-state index contributed by atoms with van der Waals surface area (Å²) >= 11 is 3.47. The highest BCUT2D eigenvalue weighted by molar-refractivity contribution is 9.10. The van der Waals surface area contributed by atoms with Crippen LogP contribution in [0.3, 0.4) is 0 Å². The van der Waals surface area contributed by atoms with E-state index in [4.69, 9.17) is 0 Å². The summed E-state index contributed by atoms with van der Waals surface area (Å²) in [6, 6.07) is 17.2. The molecule has 0 atom stereocenters. The second-order valence-corrected chi connectivity index (χ2v) is 5.57. The van der Waals surface area contributed by atoms with Crippen LogP contribution in [0.1, 0.15) is 11.1 Å². The quantitative estimate of drug-likeness (QED) is 0.678. The lowest BCUT2D eigenvalue weighted by atomic mass is 9.99. The molecule has 0 aliphatic carbocycles. The number of pyridine rings is 1. The maximum absolute atomic E-state index is 4.21. The maximum atomic E-state index is 4.21. The zero-order valence-electron chi connectivity index (χ0n) is 10.5. The first-order valence-corrected chi connectivity index (χ1v) is 7.18. The lowest BCUT2D eigenvalue weighted by Crippen LogP contribution is -1.93. The number of aryl methyl sites for hydroxylation is 2. The third kappa shape index (κ3) is 2.85. The molecule has 0 spiro atoms. The topological polar surface area (TPSA) is 12.9 Å².